The number of carbonyl (C=O) groups excluding carboxylic acids is 1. The minimum absolute atomic E-state index is 0.0728. The number of aromatic amines is 2. The van der Waals surface area contributed by atoms with Crippen LogP contribution >= 0.6 is 11.8 Å². The molecule has 0 spiro atoms. The Labute approximate surface area is 219 Å². The van der Waals surface area contributed by atoms with Gasteiger partial charge in [-0.2, -0.15) is 0 Å². The normalized spacial score (nSPS) is 17.7. The lowest BCUT2D eigenvalue weighted by Crippen LogP contribution is -2.38. The zero-order valence-corrected chi connectivity index (χ0v) is 21.4. The number of H-pyrrole nitrogens is 2. The molecule has 2 aliphatic heterocycles. The molecule has 2 aromatic heterocycles. The molecule has 4 aromatic rings. The summed E-state index contributed by atoms with van der Waals surface area (Å²) < 4.78 is 5.41. The number of morpholine rings is 1. The molecule has 37 heavy (non-hydrogen) atoms. The van der Waals surface area contributed by atoms with Gasteiger partial charge in [0, 0.05) is 58.9 Å². The summed E-state index contributed by atoms with van der Waals surface area (Å²) in [6.45, 7) is 5.06. The number of pyridine rings is 1. The van der Waals surface area contributed by atoms with Gasteiger partial charge in [0.25, 0.3) is 11.5 Å². The maximum Gasteiger partial charge on any atom is 0.257 e. The van der Waals surface area contributed by atoms with E-state index in [0.29, 0.717) is 17.7 Å². The summed E-state index contributed by atoms with van der Waals surface area (Å²) in [4.78, 5) is 35.8. The smallest absolute Gasteiger partial charge is 0.257 e. The zero-order valence-electron chi connectivity index (χ0n) is 20.6. The lowest BCUT2D eigenvalue weighted by Gasteiger charge is -2.26. The van der Waals surface area contributed by atoms with Crippen molar-refractivity contribution in [1.29, 1.82) is 0 Å². The van der Waals surface area contributed by atoms with Crippen LogP contribution in [-0.2, 0) is 4.74 Å². The molecule has 1 saturated heterocycles. The van der Waals surface area contributed by atoms with E-state index in [4.69, 9.17) is 4.74 Å². The molecule has 2 aliphatic rings. The summed E-state index contributed by atoms with van der Waals surface area (Å²) in [6, 6.07) is 17.9. The minimum atomic E-state index is -0.132. The van der Waals surface area contributed by atoms with Crippen molar-refractivity contribution in [3.63, 3.8) is 0 Å². The molecule has 0 saturated carbocycles. The second kappa shape index (κ2) is 10.6. The van der Waals surface area contributed by atoms with Crippen molar-refractivity contribution < 1.29 is 9.53 Å². The number of hydrogen-bond acceptors (Lipinski definition) is 5. The van der Waals surface area contributed by atoms with Gasteiger partial charge in [-0.3, -0.25) is 14.5 Å². The Morgan fingerprint density at radius 3 is 2.84 bits per heavy atom. The molecule has 2 aromatic carbocycles. The SMILES string of the molecule is O=C(NCCCN1CCOCC1)c1ccc2[nH]c(-c3ccc[nH]c3=O)c(C3CSc4ccccc43)c2c1. The third-order valence-corrected chi connectivity index (χ3v) is 8.46. The van der Waals surface area contributed by atoms with E-state index in [1.807, 2.05) is 42.1 Å². The second-order valence-electron chi connectivity index (χ2n) is 9.55. The molecular formula is C29H30N4O3S. The molecule has 1 unspecified atom stereocenters. The first-order valence-electron chi connectivity index (χ1n) is 12.8. The number of fused-ring (bicyclic) bond motifs is 2. The highest BCUT2D eigenvalue weighted by atomic mass is 32.2. The van der Waals surface area contributed by atoms with E-state index in [1.54, 1.807) is 6.20 Å². The van der Waals surface area contributed by atoms with Gasteiger partial charge in [-0.05, 0) is 60.5 Å². The Bertz CT molecular complexity index is 1490. The molecule has 0 aliphatic carbocycles. The van der Waals surface area contributed by atoms with E-state index in [0.717, 1.165) is 67.2 Å². The Morgan fingerprint density at radius 1 is 1.11 bits per heavy atom. The highest BCUT2D eigenvalue weighted by Crippen LogP contribution is 2.47. The molecule has 1 amide bonds. The lowest BCUT2D eigenvalue weighted by atomic mass is 9.89. The highest BCUT2D eigenvalue weighted by Gasteiger charge is 2.30. The molecule has 8 heteroatoms. The van der Waals surface area contributed by atoms with Crippen molar-refractivity contribution in [3.05, 3.63) is 87.8 Å². The summed E-state index contributed by atoms with van der Waals surface area (Å²) in [6.07, 6.45) is 2.55. The van der Waals surface area contributed by atoms with E-state index in [2.05, 4.69) is 44.5 Å². The van der Waals surface area contributed by atoms with Crippen molar-refractivity contribution in [1.82, 2.24) is 20.2 Å². The topological polar surface area (TPSA) is 90.2 Å². The fraction of sp³-hybridized carbons (Fsp3) is 0.310. The Balaban J connectivity index is 1.31. The molecule has 1 fully saturated rings. The maximum absolute atomic E-state index is 13.1. The molecule has 1 atom stereocenters. The van der Waals surface area contributed by atoms with E-state index >= 15 is 0 Å². The predicted octanol–water partition coefficient (Wildman–Crippen LogP) is 4.21. The van der Waals surface area contributed by atoms with Gasteiger partial charge >= 0.3 is 0 Å². The van der Waals surface area contributed by atoms with Crippen molar-refractivity contribution in [2.75, 3.05) is 45.1 Å². The van der Waals surface area contributed by atoms with E-state index in [-0.39, 0.29) is 17.4 Å². The van der Waals surface area contributed by atoms with Crippen LogP contribution in [0.4, 0.5) is 0 Å². The summed E-state index contributed by atoms with van der Waals surface area (Å²) in [5, 5.41) is 4.08. The molecule has 3 N–H and O–H groups in total. The fourth-order valence-electron chi connectivity index (χ4n) is 5.38. The third-order valence-electron chi connectivity index (χ3n) is 7.28. The number of aromatic nitrogens is 2. The second-order valence-corrected chi connectivity index (χ2v) is 10.6. The standard InChI is InChI=1S/C29H30N4O3S/c34-28(30-11-4-12-33-13-15-36-16-14-33)19-8-9-24-22(17-19)26(23-18-37-25-7-2-1-5-20(23)25)27(32-24)21-6-3-10-31-29(21)35/h1-3,5-10,17,23,32H,4,11-16,18H2,(H,30,34)(H,31,35). The van der Waals surface area contributed by atoms with Crippen LogP contribution < -0.4 is 10.9 Å². The van der Waals surface area contributed by atoms with E-state index in [1.165, 1.54) is 10.5 Å². The monoisotopic (exact) mass is 514 g/mol. The van der Waals surface area contributed by atoms with Gasteiger partial charge in [-0.25, -0.2) is 0 Å². The van der Waals surface area contributed by atoms with Crippen LogP contribution in [0.1, 0.15) is 33.8 Å². The van der Waals surface area contributed by atoms with Crippen molar-refractivity contribution >= 4 is 28.6 Å². The summed E-state index contributed by atoms with van der Waals surface area (Å²) >= 11 is 1.84. The molecule has 0 radical (unpaired) electrons. The predicted molar refractivity (Wildman–Crippen MR) is 148 cm³/mol. The number of carbonyl (C=O) groups is 1. The van der Waals surface area contributed by atoms with Crippen molar-refractivity contribution in [3.8, 4) is 11.3 Å². The summed E-state index contributed by atoms with van der Waals surface area (Å²) in [5.41, 5.74) is 5.19. The van der Waals surface area contributed by atoms with E-state index < -0.39 is 0 Å². The quantitative estimate of drug-likeness (QED) is 0.322. The molecule has 6 rings (SSSR count). The number of rotatable bonds is 7. The molecule has 190 valence electrons. The minimum Gasteiger partial charge on any atom is -0.379 e. The number of thioether (sulfide) groups is 1. The summed E-state index contributed by atoms with van der Waals surface area (Å²) in [7, 11) is 0. The van der Waals surface area contributed by atoms with Crippen LogP contribution in [0.3, 0.4) is 0 Å². The Morgan fingerprint density at radius 2 is 1.97 bits per heavy atom. The molecule has 7 nitrogen and oxygen atoms in total. The van der Waals surface area contributed by atoms with Gasteiger partial charge in [0.2, 0.25) is 0 Å². The number of nitrogens with one attached hydrogen (secondary N) is 3. The van der Waals surface area contributed by atoms with Gasteiger partial charge in [0.15, 0.2) is 0 Å². The third kappa shape index (κ3) is 4.84. The van der Waals surface area contributed by atoms with Crippen LogP contribution in [0, 0.1) is 0 Å². The first kappa shape index (κ1) is 24.0. The first-order chi connectivity index (χ1) is 18.2. The Kier molecular flexibility index (Phi) is 6.87. The van der Waals surface area contributed by atoms with Crippen molar-refractivity contribution in [2.24, 2.45) is 0 Å². The maximum atomic E-state index is 13.1. The van der Waals surface area contributed by atoms with Crippen LogP contribution in [0.2, 0.25) is 0 Å². The average molecular weight is 515 g/mol. The van der Waals surface area contributed by atoms with Gasteiger partial charge in [0.05, 0.1) is 24.5 Å². The average Bonchev–Trinajstić information content (AvgIpc) is 3.52. The highest BCUT2D eigenvalue weighted by molar-refractivity contribution is 7.99. The van der Waals surface area contributed by atoms with Crippen LogP contribution in [-0.4, -0.2) is 65.9 Å². The molecule has 4 heterocycles. The molecule has 0 bridgehead atoms. The van der Waals surface area contributed by atoms with Crippen LogP contribution in [0.5, 0.6) is 0 Å². The Hall–Kier alpha value is -3.33. The number of nitrogens with zero attached hydrogens (tertiary/aromatic N) is 1. The fourth-order valence-corrected chi connectivity index (χ4v) is 6.62. The number of ether oxygens (including phenoxy) is 1. The number of hydrogen-bond donors (Lipinski definition) is 3. The van der Waals surface area contributed by atoms with Gasteiger partial charge < -0.3 is 20.0 Å². The summed E-state index contributed by atoms with van der Waals surface area (Å²) in [5.74, 6) is 0.940. The zero-order chi connectivity index (χ0) is 25.2. The first-order valence-corrected chi connectivity index (χ1v) is 13.8. The van der Waals surface area contributed by atoms with Crippen molar-refractivity contribution in [2.45, 2.75) is 17.2 Å². The van der Waals surface area contributed by atoms with E-state index in [9.17, 15) is 9.59 Å². The molecular weight excluding hydrogens is 484 g/mol. The number of amides is 1. The number of benzene rings is 2. The van der Waals surface area contributed by atoms with Gasteiger partial charge in [-0.15, -0.1) is 11.8 Å². The van der Waals surface area contributed by atoms with Gasteiger partial charge in [-0.1, -0.05) is 18.2 Å². The van der Waals surface area contributed by atoms with Crippen LogP contribution in [0.15, 0.2) is 70.5 Å². The van der Waals surface area contributed by atoms with Gasteiger partial charge in [0.1, 0.15) is 0 Å². The largest absolute Gasteiger partial charge is 0.379 e. The lowest BCUT2D eigenvalue weighted by molar-refractivity contribution is 0.0374. The van der Waals surface area contributed by atoms with Crippen LogP contribution in [0.25, 0.3) is 22.2 Å².